The largest absolute Gasteiger partial charge is 0.377 e. The minimum absolute atomic E-state index is 0.0338. The second kappa shape index (κ2) is 9.41. The molecule has 1 N–H and O–H groups in total. The maximum absolute atomic E-state index is 12.8. The van der Waals surface area contributed by atoms with Crippen molar-refractivity contribution in [1.29, 1.82) is 0 Å². The van der Waals surface area contributed by atoms with Crippen molar-refractivity contribution in [3.63, 3.8) is 0 Å². The summed E-state index contributed by atoms with van der Waals surface area (Å²) in [7, 11) is 5.57. The molecule has 0 heterocycles. The highest BCUT2D eigenvalue weighted by molar-refractivity contribution is 5.94. The molecule has 0 saturated heterocycles. The average molecular weight is 388 g/mol. The van der Waals surface area contributed by atoms with Gasteiger partial charge in [-0.25, -0.2) is 0 Å². The standard InChI is InChI=1S/C22H33N3O3/c1-24(2)20-12-11-18(23-22(27)16-9-10-16)13-17(20)14-25(21(26)15-28-3)19-7-5-4-6-8-19/h11-13,16,19H,4-10,14-15H2,1-3H3,(H,23,27). The lowest BCUT2D eigenvalue weighted by Crippen LogP contribution is -2.42. The molecule has 0 unspecified atom stereocenters. The van der Waals surface area contributed by atoms with Gasteiger partial charge in [-0.3, -0.25) is 9.59 Å². The van der Waals surface area contributed by atoms with Crippen molar-refractivity contribution in [3.05, 3.63) is 23.8 Å². The van der Waals surface area contributed by atoms with Crippen LogP contribution in [-0.4, -0.2) is 50.6 Å². The summed E-state index contributed by atoms with van der Waals surface area (Å²) in [4.78, 5) is 29.0. The lowest BCUT2D eigenvalue weighted by atomic mass is 9.93. The van der Waals surface area contributed by atoms with E-state index in [1.807, 2.05) is 37.2 Å². The van der Waals surface area contributed by atoms with Crippen molar-refractivity contribution >= 4 is 23.2 Å². The van der Waals surface area contributed by atoms with E-state index < -0.39 is 0 Å². The molecule has 0 spiro atoms. The molecule has 1 aromatic carbocycles. The zero-order valence-corrected chi connectivity index (χ0v) is 17.4. The summed E-state index contributed by atoms with van der Waals surface area (Å²) >= 11 is 0. The van der Waals surface area contributed by atoms with Crippen LogP contribution in [0.4, 0.5) is 11.4 Å². The number of methoxy groups -OCH3 is 1. The lowest BCUT2D eigenvalue weighted by Gasteiger charge is -2.35. The Kier molecular flexibility index (Phi) is 6.94. The molecule has 2 fully saturated rings. The van der Waals surface area contributed by atoms with E-state index in [1.54, 1.807) is 7.11 Å². The topological polar surface area (TPSA) is 61.9 Å². The highest BCUT2D eigenvalue weighted by Gasteiger charge is 2.30. The zero-order chi connectivity index (χ0) is 20.1. The summed E-state index contributed by atoms with van der Waals surface area (Å²) in [6.45, 7) is 0.638. The van der Waals surface area contributed by atoms with Crippen molar-refractivity contribution in [2.24, 2.45) is 5.92 Å². The maximum Gasteiger partial charge on any atom is 0.249 e. The number of benzene rings is 1. The first kappa shape index (κ1) is 20.6. The SMILES string of the molecule is COCC(=O)N(Cc1cc(NC(=O)C2CC2)ccc1N(C)C)C1CCCCC1. The molecule has 154 valence electrons. The van der Waals surface area contributed by atoms with Gasteiger partial charge in [0, 0.05) is 51.1 Å². The second-order valence-electron chi connectivity index (χ2n) is 8.25. The predicted octanol–water partition coefficient (Wildman–Crippen LogP) is 3.41. The molecule has 6 nitrogen and oxygen atoms in total. The van der Waals surface area contributed by atoms with E-state index in [9.17, 15) is 9.59 Å². The Morgan fingerprint density at radius 3 is 2.43 bits per heavy atom. The van der Waals surface area contributed by atoms with Crippen LogP contribution in [0, 0.1) is 5.92 Å². The molecule has 28 heavy (non-hydrogen) atoms. The van der Waals surface area contributed by atoms with Gasteiger partial charge in [0.15, 0.2) is 0 Å². The normalized spacial score (nSPS) is 17.2. The summed E-state index contributed by atoms with van der Waals surface area (Å²) in [5, 5.41) is 3.03. The Bertz CT molecular complexity index is 694. The Morgan fingerprint density at radius 2 is 1.82 bits per heavy atom. The quantitative estimate of drug-likeness (QED) is 0.743. The molecule has 2 saturated carbocycles. The molecule has 2 amide bonds. The van der Waals surface area contributed by atoms with Crippen LogP contribution < -0.4 is 10.2 Å². The molecule has 3 rings (SSSR count). The van der Waals surface area contributed by atoms with Crippen LogP contribution >= 0.6 is 0 Å². The Morgan fingerprint density at radius 1 is 1.11 bits per heavy atom. The van der Waals surface area contributed by atoms with Crippen molar-refractivity contribution < 1.29 is 14.3 Å². The van der Waals surface area contributed by atoms with Gasteiger partial charge in [0.05, 0.1) is 0 Å². The van der Waals surface area contributed by atoms with Crippen LogP contribution in [0.1, 0.15) is 50.5 Å². The van der Waals surface area contributed by atoms with Crippen LogP contribution in [0.5, 0.6) is 0 Å². The summed E-state index contributed by atoms with van der Waals surface area (Å²) in [5.41, 5.74) is 2.92. The number of hydrogen-bond acceptors (Lipinski definition) is 4. The molecule has 2 aliphatic carbocycles. The van der Waals surface area contributed by atoms with Gasteiger partial charge in [0.1, 0.15) is 6.61 Å². The third-order valence-electron chi connectivity index (χ3n) is 5.72. The predicted molar refractivity (Wildman–Crippen MR) is 111 cm³/mol. The lowest BCUT2D eigenvalue weighted by molar-refractivity contribution is -0.139. The van der Waals surface area contributed by atoms with Crippen LogP contribution in [-0.2, 0) is 20.9 Å². The van der Waals surface area contributed by atoms with Gasteiger partial charge < -0.3 is 19.9 Å². The minimum Gasteiger partial charge on any atom is -0.377 e. The van der Waals surface area contributed by atoms with E-state index in [-0.39, 0.29) is 30.4 Å². The number of rotatable bonds is 8. The van der Waals surface area contributed by atoms with Crippen molar-refractivity contribution in [3.8, 4) is 0 Å². The van der Waals surface area contributed by atoms with E-state index >= 15 is 0 Å². The minimum atomic E-state index is 0.0338. The first-order chi connectivity index (χ1) is 13.5. The molecule has 0 radical (unpaired) electrons. The van der Waals surface area contributed by atoms with E-state index in [4.69, 9.17) is 4.74 Å². The van der Waals surface area contributed by atoms with Crippen LogP contribution in [0.15, 0.2) is 18.2 Å². The molecule has 0 bridgehead atoms. The average Bonchev–Trinajstić information content (AvgIpc) is 3.52. The summed E-state index contributed by atoms with van der Waals surface area (Å²) in [5.74, 6) is 0.300. The van der Waals surface area contributed by atoms with Gasteiger partial charge in [-0.05, 0) is 49.4 Å². The highest BCUT2D eigenvalue weighted by atomic mass is 16.5. The van der Waals surface area contributed by atoms with Crippen molar-refractivity contribution in [2.75, 3.05) is 38.0 Å². The Labute approximate surface area is 168 Å². The van der Waals surface area contributed by atoms with E-state index in [0.717, 1.165) is 42.6 Å². The van der Waals surface area contributed by atoms with E-state index in [0.29, 0.717) is 6.54 Å². The Hall–Kier alpha value is -2.08. The number of carbonyl (C=O) groups excluding carboxylic acids is 2. The first-order valence-corrected chi connectivity index (χ1v) is 10.4. The number of amides is 2. The molecule has 0 atom stereocenters. The third-order valence-corrected chi connectivity index (χ3v) is 5.72. The fraction of sp³-hybridized carbons (Fsp3) is 0.636. The molecular formula is C22H33N3O3. The van der Waals surface area contributed by atoms with Gasteiger partial charge in [0.25, 0.3) is 0 Å². The fourth-order valence-corrected chi connectivity index (χ4v) is 4.02. The van der Waals surface area contributed by atoms with E-state index in [2.05, 4.69) is 10.2 Å². The van der Waals surface area contributed by atoms with Crippen molar-refractivity contribution in [1.82, 2.24) is 4.90 Å². The van der Waals surface area contributed by atoms with Gasteiger partial charge in [-0.2, -0.15) is 0 Å². The highest BCUT2D eigenvalue weighted by Crippen LogP contribution is 2.32. The number of anilines is 2. The van der Waals surface area contributed by atoms with Crippen LogP contribution in [0.2, 0.25) is 0 Å². The van der Waals surface area contributed by atoms with Gasteiger partial charge >= 0.3 is 0 Å². The maximum atomic E-state index is 12.8. The zero-order valence-electron chi connectivity index (χ0n) is 17.4. The molecule has 0 aromatic heterocycles. The van der Waals surface area contributed by atoms with Crippen LogP contribution in [0.25, 0.3) is 0 Å². The summed E-state index contributed by atoms with van der Waals surface area (Å²) in [6, 6.07) is 6.25. The number of nitrogens with zero attached hydrogens (tertiary/aromatic N) is 2. The van der Waals surface area contributed by atoms with Gasteiger partial charge in [-0.15, -0.1) is 0 Å². The molecule has 1 aromatic rings. The van der Waals surface area contributed by atoms with Gasteiger partial charge in [-0.1, -0.05) is 19.3 Å². The third kappa shape index (κ3) is 5.25. The van der Waals surface area contributed by atoms with Crippen molar-refractivity contribution in [2.45, 2.75) is 57.5 Å². The molecular weight excluding hydrogens is 354 g/mol. The first-order valence-electron chi connectivity index (χ1n) is 10.4. The molecule has 0 aliphatic heterocycles. The smallest absolute Gasteiger partial charge is 0.249 e. The Balaban J connectivity index is 1.83. The van der Waals surface area contributed by atoms with Crippen LogP contribution in [0.3, 0.4) is 0 Å². The van der Waals surface area contributed by atoms with E-state index in [1.165, 1.54) is 19.3 Å². The second-order valence-corrected chi connectivity index (χ2v) is 8.25. The fourth-order valence-electron chi connectivity index (χ4n) is 4.02. The monoisotopic (exact) mass is 387 g/mol. The number of nitrogens with one attached hydrogen (secondary N) is 1. The molecule has 6 heteroatoms. The summed E-state index contributed by atoms with van der Waals surface area (Å²) < 4.78 is 5.14. The summed E-state index contributed by atoms with van der Waals surface area (Å²) in [6.07, 6.45) is 7.63. The number of carbonyl (C=O) groups is 2. The number of ether oxygens (including phenoxy) is 1. The molecule has 2 aliphatic rings. The number of hydrogen-bond donors (Lipinski definition) is 1. The van der Waals surface area contributed by atoms with Gasteiger partial charge in [0.2, 0.25) is 11.8 Å².